The number of alkyl halides is 4. The molecule has 0 spiro atoms. The van der Waals surface area contributed by atoms with E-state index >= 15 is 0 Å². The number of aliphatic imine (C=N–C) groups is 1. The van der Waals surface area contributed by atoms with E-state index in [-0.39, 0.29) is 17.1 Å². The van der Waals surface area contributed by atoms with Crippen LogP contribution < -0.4 is 10.2 Å². The molecule has 1 amide bonds. The topological polar surface area (TPSA) is 44.7 Å². The quantitative estimate of drug-likeness (QED) is 0.355. The monoisotopic (exact) mass is 393 g/mol. The number of nitrogens with zero attached hydrogens (tertiary/aromatic N) is 2. The number of nitrogens with one attached hydrogen (secondary N) is 1. The highest BCUT2D eigenvalue weighted by atomic mass is 19.4. The Kier molecular flexibility index (Phi) is 5.40. The molecule has 1 aliphatic carbocycles. The van der Waals surface area contributed by atoms with Crippen molar-refractivity contribution < 1.29 is 22.4 Å². The van der Waals surface area contributed by atoms with Crippen LogP contribution in [0, 0.1) is 6.92 Å². The molecule has 148 valence electrons. The zero-order valence-electron chi connectivity index (χ0n) is 15.3. The summed E-state index contributed by atoms with van der Waals surface area (Å²) in [7, 11) is 1.46. The van der Waals surface area contributed by atoms with Crippen molar-refractivity contribution in [2.24, 2.45) is 4.99 Å². The lowest BCUT2D eigenvalue weighted by Gasteiger charge is -2.24. The van der Waals surface area contributed by atoms with Crippen molar-refractivity contribution in [3.8, 4) is 0 Å². The Balaban J connectivity index is 2.14. The fraction of sp³-hybridized carbons (Fsp3) is 0.300. The van der Waals surface area contributed by atoms with E-state index in [1.165, 1.54) is 13.1 Å². The van der Waals surface area contributed by atoms with Gasteiger partial charge in [-0.05, 0) is 36.8 Å². The normalized spacial score (nSPS) is 19.3. The SMILES string of the molecule is C/N=C(/NC1CC1F)c1ccc(C(F)(F)F)cc1N(C=O)c1ccccc1C. The van der Waals surface area contributed by atoms with Gasteiger partial charge in [0.2, 0.25) is 6.41 Å². The molecule has 1 aliphatic rings. The second kappa shape index (κ2) is 7.61. The van der Waals surface area contributed by atoms with E-state index in [1.807, 2.05) is 0 Å². The molecule has 1 saturated carbocycles. The first-order valence-electron chi connectivity index (χ1n) is 8.65. The van der Waals surface area contributed by atoms with E-state index in [0.29, 0.717) is 24.1 Å². The molecule has 1 fully saturated rings. The fourth-order valence-corrected chi connectivity index (χ4v) is 2.94. The number of para-hydroxylation sites is 1. The van der Waals surface area contributed by atoms with E-state index < -0.39 is 24.0 Å². The summed E-state index contributed by atoms with van der Waals surface area (Å²) in [6.07, 6.45) is -4.83. The molecule has 0 aliphatic heterocycles. The minimum atomic E-state index is -4.58. The maximum atomic E-state index is 13.3. The van der Waals surface area contributed by atoms with E-state index in [1.54, 1.807) is 31.2 Å². The molecule has 0 radical (unpaired) electrons. The summed E-state index contributed by atoms with van der Waals surface area (Å²) in [5, 5.41) is 2.90. The Morgan fingerprint density at radius 1 is 1.21 bits per heavy atom. The van der Waals surface area contributed by atoms with Crippen LogP contribution in [0.3, 0.4) is 0 Å². The number of carbonyl (C=O) groups is 1. The first-order valence-corrected chi connectivity index (χ1v) is 8.65. The van der Waals surface area contributed by atoms with Crippen molar-refractivity contribution in [3.63, 3.8) is 0 Å². The first-order chi connectivity index (χ1) is 13.3. The molecule has 2 atom stereocenters. The molecule has 3 rings (SSSR count). The molecule has 2 aromatic carbocycles. The molecule has 4 nitrogen and oxygen atoms in total. The summed E-state index contributed by atoms with van der Waals surface area (Å²) in [6.45, 7) is 1.75. The molecule has 8 heteroatoms. The molecule has 0 saturated heterocycles. The van der Waals surface area contributed by atoms with Gasteiger partial charge in [0.1, 0.15) is 12.0 Å². The minimum Gasteiger partial charge on any atom is -0.364 e. The highest BCUT2D eigenvalue weighted by Crippen LogP contribution is 2.37. The predicted octanol–water partition coefficient (Wildman–Crippen LogP) is 4.38. The summed E-state index contributed by atoms with van der Waals surface area (Å²) in [5.41, 5.74) is 0.570. The highest BCUT2D eigenvalue weighted by molar-refractivity contribution is 6.07. The molecular formula is C20H19F4N3O. The lowest BCUT2D eigenvalue weighted by molar-refractivity contribution is -0.137. The maximum Gasteiger partial charge on any atom is 0.416 e. The third-order valence-corrected chi connectivity index (χ3v) is 4.58. The third kappa shape index (κ3) is 4.00. The van der Waals surface area contributed by atoms with Crippen molar-refractivity contribution in [1.82, 2.24) is 5.32 Å². The van der Waals surface area contributed by atoms with Crippen molar-refractivity contribution in [1.29, 1.82) is 0 Å². The molecule has 0 aromatic heterocycles. The van der Waals surface area contributed by atoms with Crippen molar-refractivity contribution in [2.45, 2.75) is 31.7 Å². The molecule has 1 N–H and O–H groups in total. The number of carbonyl (C=O) groups excluding carboxylic acids is 1. The van der Waals surface area contributed by atoms with Gasteiger partial charge >= 0.3 is 6.18 Å². The van der Waals surface area contributed by atoms with Gasteiger partial charge in [0, 0.05) is 19.0 Å². The van der Waals surface area contributed by atoms with Gasteiger partial charge < -0.3 is 5.32 Å². The Morgan fingerprint density at radius 2 is 1.89 bits per heavy atom. The molecule has 0 heterocycles. The van der Waals surface area contributed by atoms with Gasteiger partial charge in [-0.2, -0.15) is 13.2 Å². The standard InChI is InChI=1S/C20H19F4N3O/c1-12-5-3-4-6-17(12)27(11-28)18-9-13(20(22,23)24)7-8-14(18)19(25-2)26-16-10-15(16)21/h3-9,11,15-16H,10H2,1-2H3,(H,25,26). The Hall–Kier alpha value is -2.90. The van der Waals surface area contributed by atoms with Crippen molar-refractivity contribution >= 4 is 23.6 Å². The van der Waals surface area contributed by atoms with E-state index in [4.69, 9.17) is 0 Å². The molecule has 2 aromatic rings. The van der Waals surface area contributed by atoms with Crippen LogP contribution in [0.1, 0.15) is 23.1 Å². The van der Waals surface area contributed by atoms with E-state index in [0.717, 1.165) is 17.0 Å². The Labute approximate surface area is 159 Å². The van der Waals surface area contributed by atoms with Gasteiger partial charge in [-0.1, -0.05) is 18.2 Å². The second-order valence-electron chi connectivity index (χ2n) is 6.57. The van der Waals surface area contributed by atoms with Crippen LogP contribution in [0.15, 0.2) is 47.5 Å². The van der Waals surface area contributed by atoms with Crippen LogP contribution in [-0.4, -0.2) is 31.5 Å². The van der Waals surface area contributed by atoms with E-state index in [9.17, 15) is 22.4 Å². The van der Waals surface area contributed by atoms with Gasteiger partial charge in [-0.3, -0.25) is 14.7 Å². The fourth-order valence-electron chi connectivity index (χ4n) is 2.94. The number of benzene rings is 2. The average Bonchev–Trinajstić information content (AvgIpc) is 3.36. The predicted molar refractivity (Wildman–Crippen MR) is 99.7 cm³/mol. The lowest BCUT2D eigenvalue weighted by atomic mass is 10.0. The van der Waals surface area contributed by atoms with Crippen LogP contribution >= 0.6 is 0 Å². The maximum absolute atomic E-state index is 13.3. The zero-order chi connectivity index (χ0) is 20.5. The first kappa shape index (κ1) is 19.9. The molecule has 28 heavy (non-hydrogen) atoms. The van der Waals surface area contributed by atoms with Gasteiger partial charge in [0.15, 0.2) is 0 Å². The zero-order valence-corrected chi connectivity index (χ0v) is 15.3. The molecule has 2 unspecified atom stereocenters. The van der Waals surface area contributed by atoms with Gasteiger partial charge in [-0.15, -0.1) is 0 Å². The number of rotatable bonds is 5. The number of hydrogen-bond acceptors (Lipinski definition) is 2. The number of amides is 1. The average molecular weight is 393 g/mol. The third-order valence-electron chi connectivity index (χ3n) is 4.58. The molecule has 0 bridgehead atoms. The van der Waals surface area contributed by atoms with Crippen LogP contribution in [0.4, 0.5) is 28.9 Å². The second-order valence-corrected chi connectivity index (χ2v) is 6.57. The lowest BCUT2D eigenvalue weighted by Crippen LogP contribution is -2.30. The van der Waals surface area contributed by atoms with Crippen LogP contribution in [0.25, 0.3) is 0 Å². The number of halogens is 4. The van der Waals surface area contributed by atoms with Crippen LogP contribution in [0.5, 0.6) is 0 Å². The number of hydrogen-bond donors (Lipinski definition) is 1. The van der Waals surface area contributed by atoms with Gasteiger partial charge in [0.25, 0.3) is 0 Å². The number of anilines is 2. The Morgan fingerprint density at radius 3 is 2.43 bits per heavy atom. The van der Waals surface area contributed by atoms with Gasteiger partial charge in [0.05, 0.1) is 23.0 Å². The van der Waals surface area contributed by atoms with Crippen molar-refractivity contribution in [2.75, 3.05) is 11.9 Å². The Bertz CT molecular complexity index is 911. The van der Waals surface area contributed by atoms with Crippen LogP contribution in [-0.2, 0) is 11.0 Å². The minimum absolute atomic E-state index is 0.0169. The van der Waals surface area contributed by atoms with E-state index in [2.05, 4.69) is 10.3 Å². The summed E-state index contributed by atoms with van der Waals surface area (Å²) in [4.78, 5) is 17.1. The largest absolute Gasteiger partial charge is 0.416 e. The number of amidine groups is 1. The molecular weight excluding hydrogens is 374 g/mol. The van der Waals surface area contributed by atoms with Gasteiger partial charge in [-0.25, -0.2) is 4.39 Å². The summed E-state index contributed by atoms with van der Waals surface area (Å²) in [6, 6.07) is 9.50. The highest BCUT2D eigenvalue weighted by Gasteiger charge is 2.39. The summed E-state index contributed by atoms with van der Waals surface area (Å²) >= 11 is 0. The van der Waals surface area contributed by atoms with Crippen LogP contribution in [0.2, 0.25) is 0 Å². The summed E-state index contributed by atoms with van der Waals surface area (Å²) < 4.78 is 53.2. The summed E-state index contributed by atoms with van der Waals surface area (Å²) in [5.74, 6) is 0.231. The smallest absolute Gasteiger partial charge is 0.364 e. The van der Waals surface area contributed by atoms with Crippen molar-refractivity contribution in [3.05, 3.63) is 59.2 Å². The number of aryl methyl sites for hydroxylation is 1.